The van der Waals surface area contributed by atoms with E-state index in [1.165, 1.54) is 16.7 Å². The number of nitrogens with zero attached hydrogens (tertiary/aromatic N) is 1. The van der Waals surface area contributed by atoms with E-state index in [9.17, 15) is 0 Å². The lowest BCUT2D eigenvalue weighted by Gasteiger charge is -2.14. The summed E-state index contributed by atoms with van der Waals surface area (Å²) >= 11 is 0. The Hall–Kier alpha value is -2.93. The molecule has 0 amide bonds. The smallest absolute Gasteiger partial charge is 0.0712 e. The Bertz CT molecular complexity index is 1250. The van der Waals surface area contributed by atoms with Gasteiger partial charge in [0.2, 0.25) is 0 Å². The van der Waals surface area contributed by atoms with Gasteiger partial charge in [-0.3, -0.25) is 0 Å². The molecule has 0 N–H and O–H groups in total. The molecule has 1 heteroatoms. The SMILES string of the molecule is [2H]C([2H])([2H])c1ccc(-c2ccc3nc(-c4cc(C)cc(C)c4)cc(CC(C)C)c3c2)cc1. The molecule has 0 saturated carbocycles. The van der Waals surface area contributed by atoms with Crippen molar-refractivity contribution in [2.45, 2.75) is 41.0 Å². The van der Waals surface area contributed by atoms with Crippen molar-refractivity contribution in [1.82, 2.24) is 4.98 Å². The summed E-state index contributed by atoms with van der Waals surface area (Å²) in [5.41, 5.74) is 9.36. The molecule has 0 bridgehead atoms. The van der Waals surface area contributed by atoms with Gasteiger partial charge in [-0.15, -0.1) is 0 Å². The molecule has 4 aromatic rings. The number of rotatable bonds is 4. The van der Waals surface area contributed by atoms with Crippen molar-refractivity contribution < 1.29 is 4.11 Å². The van der Waals surface area contributed by atoms with Crippen LogP contribution in [-0.2, 0) is 6.42 Å². The molecule has 0 fully saturated rings. The van der Waals surface area contributed by atoms with E-state index in [2.05, 4.69) is 70.2 Å². The van der Waals surface area contributed by atoms with E-state index >= 15 is 0 Å². The second kappa shape index (κ2) is 7.83. The van der Waals surface area contributed by atoms with Crippen molar-refractivity contribution in [2.24, 2.45) is 5.92 Å². The lowest BCUT2D eigenvalue weighted by Crippen LogP contribution is -1.99. The largest absolute Gasteiger partial charge is 0.248 e. The summed E-state index contributed by atoms with van der Waals surface area (Å²) in [7, 11) is 0. The zero-order chi connectivity index (χ0) is 23.0. The van der Waals surface area contributed by atoms with Crippen molar-refractivity contribution >= 4 is 10.9 Å². The minimum Gasteiger partial charge on any atom is -0.248 e. The maximum atomic E-state index is 7.59. The Morgan fingerprint density at radius 3 is 2.10 bits per heavy atom. The average molecular weight is 383 g/mol. The van der Waals surface area contributed by atoms with E-state index in [1.807, 2.05) is 12.1 Å². The minimum absolute atomic E-state index is 0.363. The van der Waals surface area contributed by atoms with Crippen molar-refractivity contribution in [3.8, 4) is 22.4 Å². The van der Waals surface area contributed by atoms with Crippen LogP contribution in [0.1, 0.15) is 40.2 Å². The second-order valence-corrected chi connectivity index (χ2v) is 8.45. The predicted molar refractivity (Wildman–Crippen MR) is 125 cm³/mol. The Kier molecular flexibility index (Phi) is 4.30. The molecule has 3 aromatic carbocycles. The monoisotopic (exact) mass is 382 g/mol. The molecule has 0 saturated heterocycles. The van der Waals surface area contributed by atoms with Gasteiger partial charge in [-0.1, -0.05) is 66.9 Å². The highest BCUT2D eigenvalue weighted by molar-refractivity contribution is 5.89. The molecule has 0 spiro atoms. The maximum Gasteiger partial charge on any atom is 0.0712 e. The molecule has 0 aliphatic carbocycles. The topological polar surface area (TPSA) is 12.9 Å². The van der Waals surface area contributed by atoms with Gasteiger partial charge in [-0.2, -0.15) is 0 Å². The fraction of sp³-hybridized carbons (Fsp3) is 0.250. The van der Waals surface area contributed by atoms with Crippen LogP contribution in [0.3, 0.4) is 0 Å². The van der Waals surface area contributed by atoms with Crippen molar-refractivity contribution in [1.29, 1.82) is 0 Å². The summed E-state index contributed by atoms with van der Waals surface area (Å²) in [4.78, 5) is 5.00. The van der Waals surface area contributed by atoms with Gasteiger partial charge in [0.15, 0.2) is 0 Å². The first-order chi connectivity index (χ1) is 15.1. The summed E-state index contributed by atoms with van der Waals surface area (Å²) < 4.78 is 22.8. The summed E-state index contributed by atoms with van der Waals surface area (Å²) in [6.07, 6.45) is 0.970. The van der Waals surface area contributed by atoms with Crippen molar-refractivity contribution in [3.63, 3.8) is 0 Å². The van der Waals surface area contributed by atoms with Crippen LogP contribution < -0.4 is 0 Å². The quantitative estimate of drug-likeness (QED) is 0.352. The number of hydrogen-bond acceptors (Lipinski definition) is 1. The highest BCUT2D eigenvalue weighted by Crippen LogP contribution is 2.31. The number of benzene rings is 3. The molecule has 0 radical (unpaired) electrons. The Labute approximate surface area is 178 Å². The van der Waals surface area contributed by atoms with Gasteiger partial charge in [0.25, 0.3) is 0 Å². The third-order valence-corrected chi connectivity index (χ3v) is 5.26. The number of pyridine rings is 1. The maximum absolute atomic E-state index is 7.59. The Balaban J connectivity index is 1.83. The second-order valence-electron chi connectivity index (χ2n) is 8.45. The van der Waals surface area contributed by atoms with Crippen LogP contribution in [0, 0.1) is 26.6 Å². The Morgan fingerprint density at radius 2 is 1.45 bits per heavy atom. The third-order valence-electron chi connectivity index (χ3n) is 5.26. The first-order valence-electron chi connectivity index (χ1n) is 11.7. The van der Waals surface area contributed by atoms with Crippen LogP contribution in [0.15, 0.2) is 66.7 Å². The highest BCUT2D eigenvalue weighted by Gasteiger charge is 2.11. The van der Waals surface area contributed by atoms with E-state index in [0.29, 0.717) is 11.5 Å². The molecule has 29 heavy (non-hydrogen) atoms. The number of aryl methyl sites for hydroxylation is 3. The molecule has 0 aliphatic rings. The van der Waals surface area contributed by atoms with E-state index < -0.39 is 6.85 Å². The molecule has 0 atom stereocenters. The molecule has 1 heterocycles. The summed E-state index contributed by atoms with van der Waals surface area (Å²) in [5, 5.41) is 1.16. The highest BCUT2D eigenvalue weighted by atomic mass is 14.7. The standard InChI is InChI=1S/C28H29N/c1-18(2)12-24-17-28(25-14-20(4)13-21(5)15-25)29-27-11-10-23(16-26(24)27)22-8-6-19(3)7-9-22/h6-11,13-18H,12H2,1-5H3/i3D3. The Morgan fingerprint density at radius 1 is 0.759 bits per heavy atom. The fourth-order valence-corrected chi connectivity index (χ4v) is 4.02. The van der Waals surface area contributed by atoms with Gasteiger partial charge in [0, 0.05) is 15.1 Å². The number of fused-ring (bicyclic) bond motifs is 1. The van der Waals surface area contributed by atoms with E-state index in [-0.39, 0.29) is 0 Å². The number of hydrogen-bond donors (Lipinski definition) is 0. The van der Waals surface area contributed by atoms with Crippen LogP contribution in [0.25, 0.3) is 33.3 Å². The first-order valence-corrected chi connectivity index (χ1v) is 10.2. The zero-order valence-corrected chi connectivity index (χ0v) is 17.6. The number of aromatic nitrogens is 1. The lowest BCUT2D eigenvalue weighted by atomic mass is 9.94. The van der Waals surface area contributed by atoms with Crippen molar-refractivity contribution in [2.75, 3.05) is 0 Å². The van der Waals surface area contributed by atoms with E-state index in [4.69, 9.17) is 9.10 Å². The minimum atomic E-state index is -2.08. The molecule has 146 valence electrons. The van der Waals surface area contributed by atoms with Crippen LogP contribution in [0.5, 0.6) is 0 Å². The van der Waals surface area contributed by atoms with Crippen LogP contribution in [-0.4, -0.2) is 4.98 Å². The van der Waals surface area contributed by atoms with Crippen LogP contribution in [0.2, 0.25) is 0 Å². The molecule has 4 rings (SSSR count). The first kappa shape index (κ1) is 15.9. The lowest BCUT2D eigenvalue weighted by molar-refractivity contribution is 0.650. The molecule has 0 aliphatic heterocycles. The van der Waals surface area contributed by atoms with E-state index in [0.717, 1.165) is 39.7 Å². The van der Waals surface area contributed by atoms with Crippen molar-refractivity contribution in [3.05, 3.63) is 89.0 Å². The van der Waals surface area contributed by atoms with Gasteiger partial charge in [-0.25, -0.2) is 4.98 Å². The van der Waals surface area contributed by atoms with Gasteiger partial charge < -0.3 is 0 Å². The molecular formula is C28H29N. The fourth-order valence-electron chi connectivity index (χ4n) is 4.02. The van der Waals surface area contributed by atoms with Gasteiger partial charge in [0.1, 0.15) is 0 Å². The normalized spacial score (nSPS) is 13.3. The predicted octanol–water partition coefficient (Wildman–Crippen LogP) is 7.69. The molecule has 0 unspecified atom stereocenters. The average Bonchev–Trinajstić information content (AvgIpc) is 2.72. The van der Waals surface area contributed by atoms with E-state index in [1.54, 1.807) is 12.1 Å². The summed E-state index contributed by atoms with van der Waals surface area (Å²) in [6.45, 7) is 6.63. The molecule has 1 aromatic heterocycles. The van der Waals surface area contributed by atoms with Crippen LogP contribution in [0.4, 0.5) is 0 Å². The molecule has 1 nitrogen and oxygen atoms in total. The zero-order valence-electron chi connectivity index (χ0n) is 20.6. The van der Waals surface area contributed by atoms with Gasteiger partial charge in [-0.05, 0) is 80.1 Å². The van der Waals surface area contributed by atoms with Crippen LogP contribution >= 0.6 is 0 Å². The van der Waals surface area contributed by atoms with Gasteiger partial charge >= 0.3 is 0 Å². The third kappa shape index (κ3) is 4.24. The van der Waals surface area contributed by atoms with Gasteiger partial charge in [0.05, 0.1) is 11.2 Å². The summed E-state index contributed by atoms with van der Waals surface area (Å²) in [5.74, 6) is 0.523. The summed E-state index contributed by atoms with van der Waals surface area (Å²) in [6, 6.07) is 22.3. The molecular weight excluding hydrogens is 350 g/mol.